The second-order valence-electron chi connectivity index (χ2n) is 4.19. The van der Waals surface area contributed by atoms with Crippen molar-refractivity contribution in [1.82, 2.24) is 14.8 Å². The van der Waals surface area contributed by atoms with Gasteiger partial charge in [0, 0.05) is 31.4 Å². The topological polar surface area (TPSA) is 97.1 Å². The van der Waals surface area contributed by atoms with Gasteiger partial charge < -0.3 is 10.4 Å². The Morgan fingerprint density at radius 2 is 2.19 bits per heavy atom. The summed E-state index contributed by atoms with van der Waals surface area (Å²) < 4.78 is 1.67. The van der Waals surface area contributed by atoms with Crippen molar-refractivity contribution < 1.29 is 14.7 Å². The van der Waals surface area contributed by atoms with Gasteiger partial charge in [0.25, 0.3) is 0 Å². The molecule has 0 aromatic carbocycles. The third-order valence-electron chi connectivity index (χ3n) is 2.56. The largest absolute Gasteiger partial charge is 0.478 e. The summed E-state index contributed by atoms with van der Waals surface area (Å²) in [6.45, 7) is 0.484. The monoisotopic (exact) mass is 286 g/mol. The van der Waals surface area contributed by atoms with Gasteiger partial charge in [0.05, 0.1) is 5.69 Å². The van der Waals surface area contributed by atoms with E-state index in [4.69, 9.17) is 5.11 Å². The molecule has 2 rings (SSSR count). The van der Waals surface area contributed by atoms with Gasteiger partial charge in [-0.25, -0.2) is 9.78 Å². The summed E-state index contributed by atoms with van der Waals surface area (Å²) >= 11 is 0. The molecule has 0 aliphatic carbocycles. The highest BCUT2D eigenvalue weighted by Gasteiger charge is 2.04. The molecule has 2 N–H and O–H groups in total. The Labute approximate surface area is 120 Å². The zero-order valence-electron chi connectivity index (χ0n) is 11.1. The second kappa shape index (κ2) is 6.99. The Hall–Kier alpha value is -2.96. The molecule has 0 aliphatic heterocycles. The number of carbonyl (C=O) groups is 2. The third kappa shape index (κ3) is 4.90. The number of carboxylic acid groups (broad SMARTS) is 1. The first-order valence-electron chi connectivity index (χ1n) is 6.29. The predicted molar refractivity (Wildman–Crippen MR) is 76.4 cm³/mol. The standard InChI is InChI=1S/C14H14N4O3/c19-13(7-10-18-9-2-8-15-18)17-12-4-1-3-11(16-12)5-6-14(20)21/h1-6,8-9H,7,10H2,(H,20,21)(H,16,17,19). The number of rotatable bonds is 6. The maximum Gasteiger partial charge on any atom is 0.328 e. The fraction of sp³-hybridized carbons (Fsp3) is 0.143. The normalized spacial score (nSPS) is 10.7. The zero-order chi connectivity index (χ0) is 15.1. The van der Waals surface area contributed by atoms with Crippen LogP contribution in [-0.2, 0) is 16.1 Å². The van der Waals surface area contributed by atoms with Crippen LogP contribution in [0.1, 0.15) is 12.1 Å². The first kappa shape index (κ1) is 14.4. The Kier molecular flexibility index (Phi) is 4.81. The summed E-state index contributed by atoms with van der Waals surface area (Å²) in [5, 5.41) is 15.2. The molecule has 2 aromatic heterocycles. The number of aliphatic carboxylic acids is 1. The molecule has 2 heterocycles. The van der Waals surface area contributed by atoms with Gasteiger partial charge in [-0.05, 0) is 24.3 Å². The van der Waals surface area contributed by atoms with Crippen molar-refractivity contribution >= 4 is 23.8 Å². The Morgan fingerprint density at radius 3 is 2.90 bits per heavy atom. The van der Waals surface area contributed by atoms with Crippen LogP contribution < -0.4 is 5.32 Å². The first-order chi connectivity index (χ1) is 10.1. The molecule has 21 heavy (non-hydrogen) atoms. The zero-order valence-corrected chi connectivity index (χ0v) is 11.1. The van der Waals surface area contributed by atoms with Gasteiger partial charge in [-0.1, -0.05) is 6.07 Å². The van der Waals surface area contributed by atoms with Crippen molar-refractivity contribution in [3.05, 3.63) is 48.4 Å². The minimum atomic E-state index is -1.05. The lowest BCUT2D eigenvalue weighted by molar-refractivity contribution is -0.131. The number of carbonyl (C=O) groups excluding carboxylic acids is 1. The smallest absolute Gasteiger partial charge is 0.328 e. The van der Waals surface area contributed by atoms with E-state index >= 15 is 0 Å². The molecule has 2 aromatic rings. The number of aryl methyl sites for hydroxylation is 1. The molecule has 7 heteroatoms. The van der Waals surface area contributed by atoms with Crippen molar-refractivity contribution in [3.8, 4) is 0 Å². The number of aromatic nitrogens is 3. The van der Waals surface area contributed by atoms with Crippen molar-refractivity contribution in [2.75, 3.05) is 5.32 Å². The van der Waals surface area contributed by atoms with Crippen molar-refractivity contribution in [3.63, 3.8) is 0 Å². The molecule has 0 saturated carbocycles. The first-order valence-corrected chi connectivity index (χ1v) is 6.29. The van der Waals surface area contributed by atoms with E-state index in [1.54, 1.807) is 41.3 Å². The number of hydrogen-bond acceptors (Lipinski definition) is 4. The van der Waals surface area contributed by atoms with Crippen LogP contribution in [0.2, 0.25) is 0 Å². The van der Waals surface area contributed by atoms with Crippen molar-refractivity contribution in [1.29, 1.82) is 0 Å². The van der Waals surface area contributed by atoms with Crippen LogP contribution in [0.4, 0.5) is 5.82 Å². The quantitative estimate of drug-likeness (QED) is 0.782. The lowest BCUT2D eigenvalue weighted by Gasteiger charge is -2.05. The minimum absolute atomic E-state index is 0.183. The fourth-order valence-corrected chi connectivity index (χ4v) is 1.62. The van der Waals surface area contributed by atoms with Gasteiger partial charge in [-0.3, -0.25) is 9.48 Å². The average Bonchev–Trinajstić information content (AvgIpc) is 2.97. The molecule has 0 atom stereocenters. The van der Waals surface area contributed by atoms with Gasteiger partial charge >= 0.3 is 5.97 Å². The van der Waals surface area contributed by atoms with Gasteiger partial charge in [0.15, 0.2) is 0 Å². The van der Waals surface area contributed by atoms with Crippen LogP contribution in [-0.4, -0.2) is 31.7 Å². The highest BCUT2D eigenvalue weighted by molar-refractivity contribution is 5.90. The van der Waals surface area contributed by atoms with E-state index in [1.165, 1.54) is 6.08 Å². The number of carboxylic acids is 1. The van der Waals surface area contributed by atoms with E-state index in [-0.39, 0.29) is 12.3 Å². The second-order valence-corrected chi connectivity index (χ2v) is 4.19. The van der Waals surface area contributed by atoms with Crippen LogP contribution in [0.5, 0.6) is 0 Å². The van der Waals surface area contributed by atoms with Crippen LogP contribution in [0.15, 0.2) is 42.7 Å². The SMILES string of the molecule is O=C(O)C=Cc1cccc(NC(=O)CCn2cccn2)n1. The number of hydrogen-bond donors (Lipinski definition) is 2. The summed E-state index contributed by atoms with van der Waals surface area (Å²) in [5.41, 5.74) is 0.460. The number of anilines is 1. The molecular formula is C14H14N4O3. The summed E-state index contributed by atoms with van der Waals surface area (Å²) in [5.74, 6) is -0.851. The van der Waals surface area contributed by atoms with Crippen LogP contribution >= 0.6 is 0 Å². The van der Waals surface area contributed by atoms with Gasteiger partial charge in [-0.15, -0.1) is 0 Å². The van der Waals surface area contributed by atoms with Crippen LogP contribution in [0.3, 0.4) is 0 Å². The molecule has 0 radical (unpaired) electrons. The Bertz CT molecular complexity index is 650. The Balaban J connectivity index is 1.91. The summed E-state index contributed by atoms with van der Waals surface area (Å²) in [7, 11) is 0. The summed E-state index contributed by atoms with van der Waals surface area (Å²) in [4.78, 5) is 26.3. The lowest BCUT2D eigenvalue weighted by Crippen LogP contribution is -2.15. The van der Waals surface area contributed by atoms with Gasteiger partial charge in [0.1, 0.15) is 5.82 Å². The van der Waals surface area contributed by atoms with Crippen molar-refractivity contribution in [2.45, 2.75) is 13.0 Å². The van der Waals surface area contributed by atoms with E-state index in [2.05, 4.69) is 15.4 Å². The van der Waals surface area contributed by atoms with E-state index in [9.17, 15) is 9.59 Å². The van der Waals surface area contributed by atoms with Crippen LogP contribution in [0, 0.1) is 0 Å². The summed E-state index contributed by atoms with van der Waals surface area (Å²) in [6.07, 6.45) is 6.06. The maximum absolute atomic E-state index is 11.8. The van der Waals surface area contributed by atoms with E-state index < -0.39 is 5.97 Å². The molecule has 0 saturated heterocycles. The molecule has 0 aliphatic rings. The number of nitrogens with one attached hydrogen (secondary N) is 1. The van der Waals surface area contributed by atoms with E-state index in [1.807, 2.05) is 0 Å². The van der Waals surface area contributed by atoms with Gasteiger partial charge in [-0.2, -0.15) is 5.10 Å². The third-order valence-corrected chi connectivity index (χ3v) is 2.56. The Morgan fingerprint density at radius 1 is 1.33 bits per heavy atom. The average molecular weight is 286 g/mol. The molecule has 0 spiro atoms. The molecule has 1 amide bonds. The van der Waals surface area contributed by atoms with E-state index in [0.717, 1.165) is 6.08 Å². The molecular weight excluding hydrogens is 272 g/mol. The predicted octanol–water partition coefficient (Wildman–Crippen LogP) is 1.40. The van der Waals surface area contributed by atoms with Crippen molar-refractivity contribution in [2.24, 2.45) is 0 Å². The molecule has 108 valence electrons. The molecule has 7 nitrogen and oxygen atoms in total. The van der Waals surface area contributed by atoms with Crippen LogP contribution in [0.25, 0.3) is 6.08 Å². The van der Waals surface area contributed by atoms with Gasteiger partial charge in [0.2, 0.25) is 5.91 Å². The number of amides is 1. The van der Waals surface area contributed by atoms with E-state index in [0.29, 0.717) is 18.1 Å². The number of nitrogens with zero attached hydrogens (tertiary/aromatic N) is 3. The highest BCUT2D eigenvalue weighted by atomic mass is 16.4. The molecule has 0 fully saturated rings. The molecule has 0 bridgehead atoms. The number of pyridine rings is 1. The molecule has 0 unspecified atom stereocenters. The fourth-order valence-electron chi connectivity index (χ4n) is 1.62. The summed E-state index contributed by atoms with van der Waals surface area (Å²) in [6, 6.07) is 6.78. The maximum atomic E-state index is 11.8. The minimum Gasteiger partial charge on any atom is -0.478 e. The lowest BCUT2D eigenvalue weighted by atomic mass is 10.3. The highest BCUT2D eigenvalue weighted by Crippen LogP contribution is 2.07.